The summed E-state index contributed by atoms with van der Waals surface area (Å²) < 4.78 is 0. The van der Waals surface area contributed by atoms with Gasteiger partial charge in [-0.25, -0.2) is 0 Å². The molecule has 122 valence electrons. The van der Waals surface area contributed by atoms with E-state index in [1.54, 1.807) is 11.3 Å². The van der Waals surface area contributed by atoms with Crippen molar-refractivity contribution in [2.75, 3.05) is 39.8 Å². The second-order valence-corrected chi connectivity index (χ2v) is 5.94. The van der Waals surface area contributed by atoms with Crippen LogP contribution in [-0.4, -0.2) is 50.6 Å². The van der Waals surface area contributed by atoms with Gasteiger partial charge in [-0.05, 0) is 32.0 Å². The maximum absolute atomic E-state index is 4.67. The zero-order valence-electron chi connectivity index (χ0n) is 13.6. The number of halogens is 1. The number of hydrogen-bond acceptors (Lipinski definition) is 3. The summed E-state index contributed by atoms with van der Waals surface area (Å²) in [5.74, 6) is 1.39. The molecule has 1 rings (SSSR count). The highest BCUT2D eigenvalue weighted by Crippen LogP contribution is 2.20. The van der Waals surface area contributed by atoms with Crippen LogP contribution < -0.4 is 10.6 Å². The van der Waals surface area contributed by atoms with Crippen molar-refractivity contribution in [2.24, 2.45) is 4.99 Å². The van der Waals surface area contributed by atoms with Gasteiger partial charge in [0.2, 0.25) is 0 Å². The van der Waals surface area contributed by atoms with E-state index in [1.165, 1.54) is 4.88 Å². The Morgan fingerprint density at radius 3 is 2.71 bits per heavy atom. The lowest BCUT2D eigenvalue weighted by atomic mass is 10.1. The highest BCUT2D eigenvalue weighted by atomic mass is 127. The second-order valence-electron chi connectivity index (χ2n) is 4.96. The van der Waals surface area contributed by atoms with E-state index in [0.717, 1.165) is 38.7 Å². The Hall–Kier alpha value is -0.340. The third-order valence-corrected chi connectivity index (χ3v) is 4.33. The average molecular weight is 424 g/mol. The van der Waals surface area contributed by atoms with Gasteiger partial charge in [-0.2, -0.15) is 0 Å². The molecule has 1 heterocycles. The van der Waals surface area contributed by atoms with Gasteiger partial charge in [-0.1, -0.05) is 19.9 Å². The molecule has 0 spiro atoms. The van der Waals surface area contributed by atoms with Gasteiger partial charge in [-0.3, -0.25) is 4.99 Å². The summed E-state index contributed by atoms with van der Waals surface area (Å²) >= 11 is 1.80. The smallest absolute Gasteiger partial charge is 0.191 e. The summed E-state index contributed by atoms with van der Waals surface area (Å²) in [7, 11) is 2.13. The molecule has 0 saturated carbocycles. The first-order chi connectivity index (χ1) is 9.67. The molecule has 0 fully saturated rings. The fourth-order valence-electron chi connectivity index (χ4n) is 1.75. The molecule has 21 heavy (non-hydrogen) atoms. The topological polar surface area (TPSA) is 39.7 Å². The number of aliphatic imine (C=N–C) groups is 1. The monoisotopic (exact) mass is 424 g/mol. The number of guanidine groups is 1. The van der Waals surface area contributed by atoms with Crippen molar-refractivity contribution in [3.63, 3.8) is 0 Å². The number of thiophene rings is 1. The van der Waals surface area contributed by atoms with E-state index in [1.807, 2.05) is 0 Å². The summed E-state index contributed by atoms with van der Waals surface area (Å²) in [6.45, 7) is 11.2. The first-order valence-electron chi connectivity index (χ1n) is 7.41. The lowest BCUT2D eigenvalue weighted by molar-refractivity contribution is 0.357. The van der Waals surface area contributed by atoms with Crippen LogP contribution in [0, 0.1) is 0 Å². The lowest BCUT2D eigenvalue weighted by Gasteiger charge is -2.16. The maximum Gasteiger partial charge on any atom is 0.191 e. The summed E-state index contributed by atoms with van der Waals surface area (Å²) in [5, 5.41) is 8.81. The number of nitrogens with zero attached hydrogens (tertiary/aromatic N) is 2. The highest BCUT2D eigenvalue weighted by molar-refractivity contribution is 14.0. The minimum atomic E-state index is 0. The Kier molecular flexibility index (Phi) is 12.0. The molecule has 1 atom stereocenters. The van der Waals surface area contributed by atoms with Crippen LogP contribution in [0.15, 0.2) is 22.5 Å². The molecule has 1 unspecified atom stereocenters. The molecule has 0 amide bonds. The Morgan fingerprint density at radius 1 is 1.38 bits per heavy atom. The average Bonchev–Trinajstić information content (AvgIpc) is 2.98. The number of rotatable bonds is 8. The molecule has 0 bridgehead atoms. The van der Waals surface area contributed by atoms with Crippen LogP contribution >= 0.6 is 35.3 Å². The zero-order valence-corrected chi connectivity index (χ0v) is 16.7. The Labute approximate surface area is 150 Å². The molecule has 0 aliphatic heterocycles. The summed E-state index contributed by atoms with van der Waals surface area (Å²) in [6, 6.07) is 4.28. The molecule has 0 aliphatic carbocycles. The molecule has 0 aromatic carbocycles. The molecule has 2 N–H and O–H groups in total. The van der Waals surface area contributed by atoms with Crippen LogP contribution in [0.3, 0.4) is 0 Å². The Morgan fingerprint density at radius 2 is 2.14 bits per heavy atom. The van der Waals surface area contributed by atoms with Gasteiger partial charge in [-0.15, -0.1) is 35.3 Å². The normalized spacial score (nSPS) is 12.9. The predicted octanol–water partition coefficient (Wildman–Crippen LogP) is 2.98. The third kappa shape index (κ3) is 8.63. The first-order valence-corrected chi connectivity index (χ1v) is 8.29. The molecule has 0 radical (unpaired) electrons. The van der Waals surface area contributed by atoms with Gasteiger partial charge in [0.05, 0.1) is 6.54 Å². The molecular weight excluding hydrogens is 395 g/mol. The van der Waals surface area contributed by atoms with Crippen LogP contribution in [0.25, 0.3) is 0 Å². The van der Waals surface area contributed by atoms with Crippen molar-refractivity contribution in [1.82, 2.24) is 15.5 Å². The largest absolute Gasteiger partial charge is 0.357 e. The van der Waals surface area contributed by atoms with E-state index in [2.05, 4.69) is 65.9 Å². The fraction of sp³-hybridized carbons (Fsp3) is 0.667. The van der Waals surface area contributed by atoms with Crippen molar-refractivity contribution < 1.29 is 0 Å². The van der Waals surface area contributed by atoms with Gasteiger partial charge < -0.3 is 15.5 Å². The van der Waals surface area contributed by atoms with Crippen LogP contribution in [0.4, 0.5) is 0 Å². The van der Waals surface area contributed by atoms with Gasteiger partial charge in [0.1, 0.15) is 0 Å². The van der Waals surface area contributed by atoms with E-state index >= 15 is 0 Å². The van der Waals surface area contributed by atoms with Crippen molar-refractivity contribution in [2.45, 2.75) is 26.7 Å². The first kappa shape index (κ1) is 20.7. The van der Waals surface area contributed by atoms with Crippen molar-refractivity contribution in [3.05, 3.63) is 22.4 Å². The van der Waals surface area contributed by atoms with Crippen molar-refractivity contribution in [3.8, 4) is 0 Å². The predicted molar refractivity (Wildman–Crippen MR) is 105 cm³/mol. The van der Waals surface area contributed by atoms with Gasteiger partial charge in [0, 0.05) is 30.4 Å². The molecule has 0 saturated heterocycles. The van der Waals surface area contributed by atoms with Gasteiger partial charge >= 0.3 is 0 Å². The van der Waals surface area contributed by atoms with Crippen molar-refractivity contribution >= 4 is 41.3 Å². The summed E-state index contributed by atoms with van der Waals surface area (Å²) in [4.78, 5) is 8.36. The number of nitrogens with one attached hydrogen (secondary N) is 2. The van der Waals surface area contributed by atoms with E-state index < -0.39 is 0 Å². The van der Waals surface area contributed by atoms with Crippen LogP contribution in [0.1, 0.15) is 31.6 Å². The Balaban J connectivity index is 0.00000400. The van der Waals surface area contributed by atoms with Crippen molar-refractivity contribution in [1.29, 1.82) is 0 Å². The SMILES string of the molecule is CCNC(=NCC(C)c1cccs1)NCCN(C)CC.I. The molecule has 4 nitrogen and oxygen atoms in total. The zero-order chi connectivity index (χ0) is 14.8. The second kappa shape index (κ2) is 12.2. The molecule has 1 aromatic heterocycles. The van der Waals surface area contributed by atoms with E-state index in [4.69, 9.17) is 0 Å². The Bertz CT molecular complexity index is 381. The number of hydrogen-bond donors (Lipinski definition) is 2. The molecule has 1 aromatic rings. The van der Waals surface area contributed by atoms with Crippen LogP contribution in [0.2, 0.25) is 0 Å². The van der Waals surface area contributed by atoms with Gasteiger partial charge in [0.15, 0.2) is 5.96 Å². The number of likely N-dealkylation sites (N-methyl/N-ethyl adjacent to an activating group) is 1. The van der Waals surface area contributed by atoms with Crippen LogP contribution in [0.5, 0.6) is 0 Å². The minimum Gasteiger partial charge on any atom is -0.357 e. The lowest BCUT2D eigenvalue weighted by Crippen LogP contribution is -2.41. The van der Waals surface area contributed by atoms with E-state index in [9.17, 15) is 0 Å². The summed E-state index contributed by atoms with van der Waals surface area (Å²) in [6.07, 6.45) is 0. The fourth-order valence-corrected chi connectivity index (χ4v) is 2.53. The third-order valence-electron chi connectivity index (χ3n) is 3.22. The van der Waals surface area contributed by atoms with Gasteiger partial charge in [0.25, 0.3) is 0 Å². The molecule has 6 heteroatoms. The van der Waals surface area contributed by atoms with E-state index in [0.29, 0.717) is 5.92 Å². The van der Waals surface area contributed by atoms with Crippen LogP contribution in [-0.2, 0) is 0 Å². The highest BCUT2D eigenvalue weighted by Gasteiger charge is 2.06. The quantitative estimate of drug-likeness (QED) is 0.383. The molecular formula is C15H29IN4S. The minimum absolute atomic E-state index is 0. The van der Waals surface area contributed by atoms with E-state index in [-0.39, 0.29) is 24.0 Å². The standard InChI is InChI=1S/C15H28N4S.HI/c1-5-16-15(17-9-10-19(4)6-2)18-12-13(3)14-8-7-11-20-14;/h7-8,11,13H,5-6,9-10,12H2,1-4H3,(H2,16,17,18);1H. The maximum atomic E-state index is 4.67. The molecule has 0 aliphatic rings. The summed E-state index contributed by atoms with van der Waals surface area (Å²) in [5.41, 5.74) is 0.